The quantitative estimate of drug-likeness (QED) is 0.498. The van der Waals surface area contributed by atoms with Crippen LogP contribution >= 0.6 is 11.3 Å². The van der Waals surface area contributed by atoms with E-state index in [0.717, 1.165) is 11.3 Å². The van der Waals surface area contributed by atoms with E-state index in [4.69, 9.17) is 9.29 Å². The average Bonchev–Trinajstić information content (AvgIpc) is 2.96. The number of hydrogen-bond acceptors (Lipinski definition) is 8. The molecule has 148 valence electrons. The molecule has 0 radical (unpaired) electrons. The summed E-state index contributed by atoms with van der Waals surface area (Å²) in [4.78, 5) is 24.3. The van der Waals surface area contributed by atoms with Gasteiger partial charge in [-0.15, -0.1) is 11.3 Å². The Bertz CT molecular complexity index is 1200. The Morgan fingerprint density at radius 3 is 2.50 bits per heavy atom. The SMILES string of the molecule is CCOC(=O)/C(C#N)=c1\s/c(=C\Nc2ccc(S(=O)(=O)O)cc2)c(=O)n1CC. The molecule has 0 fully saturated rings. The summed E-state index contributed by atoms with van der Waals surface area (Å²) >= 11 is 0.960. The van der Waals surface area contributed by atoms with Crippen molar-refractivity contribution >= 4 is 44.9 Å². The number of nitrogens with one attached hydrogen (secondary N) is 1. The van der Waals surface area contributed by atoms with Gasteiger partial charge in [-0.25, -0.2) is 4.79 Å². The number of carbonyl (C=O) groups is 1. The lowest BCUT2D eigenvalue weighted by Gasteiger charge is -2.01. The minimum atomic E-state index is -4.29. The van der Waals surface area contributed by atoms with Crippen LogP contribution in [0.4, 0.5) is 5.69 Å². The molecule has 0 aliphatic heterocycles. The molecular weight excluding hydrogens is 406 g/mol. The van der Waals surface area contributed by atoms with Crippen molar-refractivity contribution in [1.82, 2.24) is 4.57 Å². The summed E-state index contributed by atoms with van der Waals surface area (Å²) in [5.74, 6) is -0.797. The monoisotopic (exact) mass is 423 g/mol. The maximum Gasteiger partial charge on any atom is 0.351 e. The first-order valence-corrected chi connectivity index (χ1v) is 10.3. The van der Waals surface area contributed by atoms with Gasteiger partial charge in [0.05, 0.1) is 11.5 Å². The Labute approximate surface area is 164 Å². The zero-order valence-electron chi connectivity index (χ0n) is 15.0. The lowest BCUT2D eigenvalue weighted by atomic mass is 10.3. The van der Waals surface area contributed by atoms with Gasteiger partial charge in [-0.05, 0) is 38.1 Å². The van der Waals surface area contributed by atoms with E-state index >= 15 is 0 Å². The minimum absolute atomic E-state index is 0.103. The number of ether oxygens (including phenoxy) is 1. The molecule has 0 aliphatic carbocycles. The Kier molecular flexibility index (Phi) is 6.74. The van der Waals surface area contributed by atoms with E-state index in [1.807, 2.05) is 0 Å². The number of nitriles is 1. The Morgan fingerprint density at radius 1 is 1.36 bits per heavy atom. The number of anilines is 1. The topological polar surface area (TPSA) is 138 Å². The second-order valence-corrected chi connectivity index (χ2v) is 7.77. The number of thiazole rings is 1. The lowest BCUT2D eigenvalue weighted by Crippen LogP contribution is -2.32. The zero-order valence-corrected chi connectivity index (χ0v) is 16.6. The van der Waals surface area contributed by atoms with Crippen LogP contribution in [0.15, 0.2) is 34.0 Å². The van der Waals surface area contributed by atoms with Crippen LogP contribution in [0, 0.1) is 11.3 Å². The summed E-state index contributed by atoms with van der Waals surface area (Å²) in [5.41, 5.74) is -0.163. The number of aromatic nitrogens is 1. The predicted octanol–water partition coefficient (Wildman–Crippen LogP) is 0.264. The number of nitrogens with zero attached hydrogens (tertiary/aromatic N) is 2. The van der Waals surface area contributed by atoms with E-state index in [2.05, 4.69) is 5.32 Å². The highest BCUT2D eigenvalue weighted by molar-refractivity contribution is 7.85. The van der Waals surface area contributed by atoms with Gasteiger partial charge in [-0.3, -0.25) is 13.9 Å². The summed E-state index contributed by atoms with van der Waals surface area (Å²) < 4.78 is 37.7. The molecule has 0 spiro atoms. The molecule has 0 amide bonds. The number of benzene rings is 1. The van der Waals surface area contributed by atoms with Gasteiger partial charge in [-0.2, -0.15) is 13.7 Å². The van der Waals surface area contributed by atoms with Crippen molar-refractivity contribution in [3.8, 4) is 6.07 Å². The smallest absolute Gasteiger partial charge is 0.351 e. The summed E-state index contributed by atoms with van der Waals surface area (Å²) in [7, 11) is -4.29. The van der Waals surface area contributed by atoms with Crippen LogP contribution < -0.4 is 20.1 Å². The van der Waals surface area contributed by atoms with Crippen LogP contribution in [0.2, 0.25) is 0 Å². The van der Waals surface area contributed by atoms with Crippen LogP contribution in [0.3, 0.4) is 0 Å². The molecule has 0 atom stereocenters. The molecule has 9 nitrogen and oxygen atoms in total. The molecule has 0 saturated heterocycles. The van der Waals surface area contributed by atoms with Crippen molar-refractivity contribution in [1.29, 1.82) is 5.26 Å². The Balaban J connectivity index is 2.50. The molecule has 0 aliphatic rings. The van der Waals surface area contributed by atoms with E-state index in [1.54, 1.807) is 19.9 Å². The highest BCUT2D eigenvalue weighted by Crippen LogP contribution is 2.13. The molecule has 0 saturated carbocycles. The van der Waals surface area contributed by atoms with Crippen LogP contribution in [0.5, 0.6) is 0 Å². The van der Waals surface area contributed by atoms with E-state index in [1.165, 1.54) is 35.0 Å². The van der Waals surface area contributed by atoms with Gasteiger partial charge in [0.1, 0.15) is 15.3 Å². The third-order valence-corrected chi connectivity index (χ3v) is 5.55. The Hall–Kier alpha value is -2.94. The molecule has 11 heteroatoms. The molecule has 2 rings (SSSR count). The molecule has 28 heavy (non-hydrogen) atoms. The lowest BCUT2D eigenvalue weighted by molar-refractivity contribution is -0.136. The first-order valence-electron chi connectivity index (χ1n) is 8.08. The predicted molar refractivity (Wildman–Crippen MR) is 104 cm³/mol. The van der Waals surface area contributed by atoms with Crippen LogP contribution in [0.25, 0.3) is 11.8 Å². The van der Waals surface area contributed by atoms with E-state index in [-0.39, 0.29) is 38.4 Å². The third kappa shape index (κ3) is 4.66. The van der Waals surface area contributed by atoms with Crippen molar-refractivity contribution in [3.63, 3.8) is 0 Å². The van der Waals surface area contributed by atoms with E-state index in [9.17, 15) is 23.3 Å². The molecule has 0 unspecified atom stereocenters. The van der Waals surface area contributed by atoms with Gasteiger partial charge < -0.3 is 10.1 Å². The van der Waals surface area contributed by atoms with Gasteiger partial charge in [0.25, 0.3) is 15.7 Å². The molecule has 2 aromatic rings. The number of hydrogen-bond donors (Lipinski definition) is 2. The summed E-state index contributed by atoms with van der Waals surface area (Å²) in [6.07, 6.45) is 1.39. The minimum Gasteiger partial charge on any atom is -0.462 e. The largest absolute Gasteiger partial charge is 0.462 e. The van der Waals surface area contributed by atoms with Crippen LogP contribution in [0.1, 0.15) is 13.8 Å². The van der Waals surface area contributed by atoms with Gasteiger partial charge in [0, 0.05) is 18.4 Å². The second-order valence-electron chi connectivity index (χ2n) is 5.32. The van der Waals surface area contributed by atoms with Gasteiger partial charge in [-0.1, -0.05) is 0 Å². The van der Waals surface area contributed by atoms with Gasteiger partial charge >= 0.3 is 5.97 Å². The average molecular weight is 423 g/mol. The summed E-state index contributed by atoms with van der Waals surface area (Å²) in [6, 6.07) is 7.03. The number of rotatable bonds is 6. The fraction of sp³-hybridized carbons (Fsp3) is 0.235. The maximum absolute atomic E-state index is 12.5. The van der Waals surface area contributed by atoms with Crippen LogP contribution in [-0.2, 0) is 26.2 Å². The van der Waals surface area contributed by atoms with E-state index in [0.29, 0.717) is 5.69 Å². The molecule has 1 heterocycles. The zero-order chi connectivity index (χ0) is 20.9. The third-order valence-electron chi connectivity index (χ3n) is 3.55. The van der Waals surface area contributed by atoms with Crippen molar-refractivity contribution in [3.05, 3.63) is 43.8 Å². The van der Waals surface area contributed by atoms with Crippen molar-refractivity contribution in [2.75, 3.05) is 11.9 Å². The molecule has 0 bridgehead atoms. The normalized spacial score (nSPS) is 13.0. The van der Waals surface area contributed by atoms with Crippen LogP contribution in [-0.4, -0.2) is 30.1 Å². The molecular formula is C17H17N3O6S2. The number of carbonyl (C=O) groups excluding carboxylic acids is 1. The van der Waals surface area contributed by atoms with Gasteiger partial charge in [0.2, 0.25) is 0 Å². The Morgan fingerprint density at radius 2 is 2.00 bits per heavy atom. The highest BCUT2D eigenvalue weighted by Gasteiger charge is 2.16. The molecule has 1 aromatic heterocycles. The first kappa shape index (κ1) is 21.4. The number of esters is 1. The van der Waals surface area contributed by atoms with Gasteiger partial charge in [0.15, 0.2) is 5.57 Å². The van der Waals surface area contributed by atoms with E-state index < -0.39 is 16.1 Å². The van der Waals surface area contributed by atoms with Crippen molar-refractivity contribution in [2.24, 2.45) is 0 Å². The fourth-order valence-electron chi connectivity index (χ4n) is 2.25. The second kappa shape index (κ2) is 8.83. The van der Waals surface area contributed by atoms with Crippen molar-refractivity contribution < 1.29 is 22.5 Å². The summed E-state index contributed by atoms with van der Waals surface area (Å²) in [5, 5.41) is 12.1. The first-order chi connectivity index (χ1) is 13.2. The molecule has 1 aromatic carbocycles. The highest BCUT2D eigenvalue weighted by atomic mass is 32.2. The standard InChI is InChI=1S/C17H17N3O6S2/c1-3-20-15(21)14(27-16(20)13(9-18)17(22)26-4-2)10-19-11-5-7-12(8-6-11)28(23,24)25/h5-8,10,19H,3-4H2,1-2H3,(H,23,24,25)/b14-10-,16-13-. The fourth-order valence-corrected chi connectivity index (χ4v) is 3.81. The summed E-state index contributed by atoms with van der Waals surface area (Å²) in [6.45, 7) is 3.69. The van der Waals surface area contributed by atoms with Crippen molar-refractivity contribution in [2.45, 2.75) is 25.3 Å². The maximum atomic E-state index is 12.5. The molecule has 2 N–H and O–H groups in total.